The van der Waals surface area contributed by atoms with Gasteiger partial charge in [-0.15, -0.1) is 0 Å². The molecule has 0 aromatic rings. The molecule has 10 heteroatoms. The summed E-state index contributed by atoms with van der Waals surface area (Å²) in [5, 5.41) is 0. The molecular weight excluding hydrogens is 954 g/mol. The van der Waals surface area contributed by atoms with Gasteiger partial charge in [0, 0.05) is 19.4 Å². The lowest BCUT2D eigenvalue weighted by Crippen LogP contribution is -2.29. The second-order valence-electron chi connectivity index (χ2n) is 20.2. The van der Waals surface area contributed by atoms with Crippen LogP contribution in [0, 0.1) is 0 Å². The summed E-state index contributed by atoms with van der Waals surface area (Å²) in [5.41, 5.74) is 5.38. The number of nitrogens with two attached hydrogens (primary N) is 1. The van der Waals surface area contributed by atoms with E-state index in [1.165, 1.54) is 148 Å². The maximum atomic E-state index is 12.7. The molecule has 0 aliphatic carbocycles. The molecule has 9 nitrogen and oxygen atoms in total. The first kappa shape index (κ1) is 71.9. The predicted octanol–water partition coefficient (Wildman–Crippen LogP) is 19.6. The van der Waals surface area contributed by atoms with E-state index in [-0.39, 0.29) is 38.6 Å². The van der Waals surface area contributed by atoms with Crippen molar-refractivity contribution in [2.24, 2.45) is 5.73 Å². The van der Waals surface area contributed by atoms with Crippen molar-refractivity contribution in [1.29, 1.82) is 0 Å². The molecule has 3 N–H and O–H groups in total. The Kier molecular flexibility index (Phi) is 57.7. The van der Waals surface area contributed by atoms with Gasteiger partial charge >= 0.3 is 19.8 Å². The molecule has 0 saturated carbocycles. The maximum absolute atomic E-state index is 12.7. The van der Waals surface area contributed by atoms with Crippen LogP contribution in [0.1, 0.15) is 271 Å². The van der Waals surface area contributed by atoms with Gasteiger partial charge in [-0.2, -0.15) is 0 Å². The van der Waals surface area contributed by atoms with E-state index in [1.54, 1.807) is 0 Å². The van der Waals surface area contributed by atoms with Crippen LogP contribution in [0.5, 0.6) is 0 Å². The van der Waals surface area contributed by atoms with E-state index in [2.05, 4.69) is 111 Å². The summed E-state index contributed by atoms with van der Waals surface area (Å²) in [7, 11) is -4.40. The summed E-state index contributed by atoms with van der Waals surface area (Å²) >= 11 is 0. The Morgan fingerprint density at radius 2 is 0.733 bits per heavy atom. The number of hydrogen-bond acceptors (Lipinski definition) is 8. The Labute approximate surface area is 461 Å². The molecule has 2 atom stereocenters. The van der Waals surface area contributed by atoms with E-state index in [0.717, 1.165) is 89.9 Å². The summed E-state index contributed by atoms with van der Waals surface area (Å²) in [6.07, 6.45) is 80.5. The normalized spacial score (nSPS) is 13.7. The summed E-state index contributed by atoms with van der Waals surface area (Å²) in [4.78, 5) is 35.2. The van der Waals surface area contributed by atoms with E-state index in [9.17, 15) is 19.0 Å². The van der Waals surface area contributed by atoms with Crippen LogP contribution < -0.4 is 5.73 Å². The Morgan fingerprint density at radius 3 is 1.09 bits per heavy atom. The van der Waals surface area contributed by atoms with Crippen LogP contribution in [0.25, 0.3) is 0 Å². The number of carbonyl (C=O) groups excluding carboxylic acids is 2. The quantitative estimate of drug-likeness (QED) is 0.0264. The van der Waals surface area contributed by atoms with Gasteiger partial charge < -0.3 is 20.1 Å². The number of carbonyl (C=O) groups is 2. The molecule has 0 aromatic carbocycles. The second kappa shape index (κ2) is 60.2. The highest BCUT2D eigenvalue weighted by atomic mass is 31.2. The van der Waals surface area contributed by atoms with Gasteiger partial charge in [0.25, 0.3) is 0 Å². The smallest absolute Gasteiger partial charge is 0.462 e. The van der Waals surface area contributed by atoms with Gasteiger partial charge in [0.2, 0.25) is 0 Å². The average Bonchev–Trinajstić information content (AvgIpc) is 3.40. The minimum Gasteiger partial charge on any atom is -0.462 e. The van der Waals surface area contributed by atoms with Gasteiger partial charge in [0.05, 0.1) is 13.2 Å². The molecule has 0 heterocycles. The lowest BCUT2D eigenvalue weighted by atomic mass is 10.0. The molecule has 432 valence electrons. The Hall–Kier alpha value is -3.07. The van der Waals surface area contributed by atoms with E-state index < -0.39 is 26.5 Å². The zero-order valence-corrected chi connectivity index (χ0v) is 49.2. The van der Waals surface area contributed by atoms with Crippen molar-refractivity contribution in [2.75, 3.05) is 26.4 Å². The third kappa shape index (κ3) is 60.0. The molecule has 0 spiro atoms. The van der Waals surface area contributed by atoms with Crippen LogP contribution in [-0.4, -0.2) is 49.3 Å². The number of phosphoric acid groups is 1. The molecule has 0 bridgehead atoms. The van der Waals surface area contributed by atoms with Gasteiger partial charge in [-0.05, 0) is 96.3 Å². The number of phosphoric ester groups is 1. The fraction of sp³-hybridized carbons (Fsp3) is 0.723. The van der Waals surface area contributed by atoms with Gasteiger partial charge in [-0.1, -0.05) is 259 Å². The summed E-state index contributed by atoms with van der Waals surface area (Å²) in [6.45, 7) is 3.60. The number of esters is 2. The number of ether oxygens (including phenoxy) is 2. The third-order valence-corrected chi connectivity index (χ3v) is 13.9. The molecule has 0 aliphatic rings. The van der Waals surface area contributed by atoms with Gasteiger partial charge in [-0.25, -0.2) is 4.57 Å². The van der Waals surface area contributed by atoms with Gasteiger partial charge in [0.15, 0.2) is 6.10 Å². The van der Waals surface area contributed by atoms with Crippen LogP contribution in [0.15, 0.2) is 97.2 Å². The first-order valence-corrected chi connectivity index (χ1v) is 32.2. The van der Waals surface area contributed by atoms with Crippen molar-refractivity contribution in [1.82, 2.24) is 0 Å². The second-order valence-corrected chi connectivity index (χ2v) is 21.6. The SMILES string of the molecule is CC/C=C\C/C=C\C/C=C\C/C=C\C/C=C\C/C=C\CCCCCCC(=O)OC(COC(=O)CCCCCCCCCCCCCCCCCCCCC/C=C\C/C=C\CCCCCCC)COP(=O)(O)OCCN. The summed E-state index contributed by atoms with van der Waals surface area (Å²) in [5.74, 6) is -0.854. The molecule has 0 aromatic heterocycles. The lowest BCUT2D eigenvalue weighted by molar-refractivity contribution is -0.161. The van der Waals surface area contributed by atoms with Gasteiger partial charge in [-0.3, -0.25) is 18.6 Å². The molecule has 0 aliphatic heterocycles. The molecule has 0 amide bonds. The van der Waals surface area contributed by atoms with E-state index >= 15 is 0 Å². The number of hydrogen-bond donors (Lipinski definition) is 2. The zero-order valence-electron chi connectivity index (χ0n) is 48.3. The predicted molar refractivity (Wildman–Crippen MR) is 321 cm³/mol. The Morgan fingerprint density at radius 1 is 0.413 bits per heavy atom. The lowest BCUT2D eigenvalue weighted by Gasteiger charge is -2.19. The van der Waals surface area contributed by atoms with Crippen molar-refractivity contribution in [3.63, 3.8) is 0 Å². The highest BCUT2D eigenvalue weighted by molar-refractivity contribution is 7.47. The molecular formula is C65H114NO8P. The zero-order chi connectivity index (χ0) is 54.5. The van der Waals surface area contributed by atoms with Crippen LogP contribution in [-0.2, 0) is 32.7 Å². The molecule has 0 radical (unpaired) electrons. The van der Waals surface area contributed by atoms with E-state index in [1.807, 2.05) is 0 Å². The van der Waals surface area contributed by atoms with Gasteiger partial charge in [0.1, 0.15) is 6.61 Å². The van der Waals surface area contributed by atoms with Crippen LogP contribution in [0.2, 0.25) is 0 Å². The van der Waals surface area contributed by atoms with Crippen molar-refractivity contribution in [2.45, 2.75) is 277 Å². The molecule has 0 saturated heterocycles. The fourth-order valence-corrected chi connectivity index (χ4v) is 9.20. The van der Waals surface area contributed by atoms with Crippen LogP contribution >= 0.6 is 7.82 Å². The first-order valence-electron chi connectivity index (χ1n) is 30.7. The average molecular weight is 1070 g/mol. The number of unbranched alkanes of at least 4 members (excludes halogenated alkanes) is 28. The Bertz CT molecular complexity index is 1550. The number of rotatable bonds is 57. The third-order valence-electron chi connectivity index (χ3n) is 13.0. The minimum atomic E-state index is -4.40. The van der Waals surface area contributed by atoms with Crippen LogP contribution in [0.4, 0.5) is 0 Å². The monoisotopic (exact) mass is 1070 g/mol. The van der Waals surface area contributed by atoms with Crippen molar-refractivity contribution in [3.8, 4) is 0 Å². The van der Waals surface area contributed by atoms with Crippen molar-refractivity contribution >= 4 is 19.8 Å². The summed E-state index contributed by atoms with van der Waals surface area (Å²) in [6, 6.07) is 0. The topological polar surface area (TPSA) is 134 Å². The first-order chi connectivity index (χ1) is 36.8. The molecule has 2 unspecified atom stereocenters. The molecule has 75 heavy (non-hydrogen) atoms. The highest BCUT2D eigenvalue weighted by Gasteiger charge is 2.26. The Balaban J connectivity index is 3.96. The van der Waals surface area contributed by atoms with Crippen molar-refractivity contribution in [3.05, 3.63) is 97.2 Å². The van der Waals surface area contributed by atoms with E-state index in [0.29, 0.717) is 6.42 Å². The number of allylic oxidation sites excluding steroid dienone is 16. The molecule has 0 rings (SSSR count). The fourth-order valence-electron chi connectivity index (χ4n) is 8.44. The maximum Gasteiger partial charge on any atom is 0.472 e. The standard InChI is InChI=1S/C65H114NO8P/c1-3-5-7-9-11-13-15-17-19-21-23-25-27-28-29-30-31-32-33-34-36-37-39-41-43-45-47-49-51-53-55-57-64(67)71-61-63(62-73-75(69,70)72-60-59-66)74-65(68)58-56-54-52-50-48-46-44-42-40-38-35-26-24-22-20-18-16-14-12-10-8-6-4-2/h6,8,12,14-15,17-18,20-21,23-24,26,38,40,44,46,63H,3-5,7,9-11,13,16,19,22,25,27-37,39,41-43,45,47-62,66H2,1-2H3,(H,69,70)/b8-6-,14-12-,17-15-,20-18-,23-21-,26-24-,40-38-,46-44-. The minimum absolute atomic E-state index is 0.0449. The van der Waals surface area contributed by atoms with Crippen molar-refractivity contribution < 1.29 is 37.6 Å². The van der Waals surface area contributed by atoms with Crippen LogP contribution in [0.3, 0.4) is 0 Å². The largest absolute Gasteiger partial charge is 0.472 e. The van der Waals surface area contributed by atoms with E-state index in [4.69, 9.17) is 24.3 Å². The molecule has 0 fully saturated rings. The summed E-state index contributed by atoms with van der Waals surface area (Å²) < 4.78 is 33.0. The highest BCUT2D eigenvalue weighted by Crippen LogP contribution is 2.43.